The summed E-state index contributed by atoms with van der Waals surface area (Å²) in [4.78, 5) is 0. The van der Waals surface area contributed by atoms with Gasteiger partial charge in [0.1, 0.15) is 0 Å². The fraction of sp³-hybridized carbons (Fsp3) is 0. The third-order valence-electron chi connectivity index (χ3n) is 24.4. The van der Waals surface area contributed by atoms with Crippen molar-refractivity contribution in [1.82, 2.24) is 18.3 Å². The molecule has 0 amide bonds. The minimum atomic E-state index is 1.16. The molecule has 0 N–H and O–H groups in total. The Kier molecular flexibility index (Phi) is 16.2. The quantitative estimate of drug-likeness (QED) is 0.123. The smallest absolute Gasteiger partial charge is 0.0547 e. The molecule has 0 saturated carbocycles. The SMILES string of the molecule is c1ccc(-c2ccc(-n3c4ccccc4c4cc(-c5ccc(-c6ccc7c8ccccc8n(-c8ccc9cc(-c%10ccccc%10)ccc9c8)c7c6)cc5)ccc43)cc2)cc1.c1ccc(-c2ccc3cc(-n4c5ccccc5c5ccc(-c6ccc(-c7ccc8c(c7)c7ccccc7n8-c7ccc8ccccc8c7)cc6)cc54)ccc3c2)cc1. The van der Waals surface area contributed by atoms with Crippen molar-refractivity contribution in [3.05, 3.63) is 449 Å². The molecule has 4 nitrogen and oxygen atoms in total. The van der Waals surface area contributed by atoms with Gasteiger partial charge < -0.3 is 18.3 Å². The monoisotopic (exact) mass is 1500 g/mol. The van der Waals surface area contributed by atoms with E-state index in [0.29, 0.717) is 0 Å². The van der Waals surface area contributed by atoms with Gasteiger partial charge in [0.2, 0.25) is 0 Å². The van der Waals surface area contributed by atoms with Crippen LogP contribution in [0.1, 0.15) is 0 Å². The number of aromatic nitrogens is 4. The topological polar surface area (TPSA) is 19.7 Å². The average molecular weight is 1500 g/mol. The van der Waals surface area contributed by atoms with Crippen molar-refractivity contribution >= 4 is 120 Å². The van der Waals surface area contributed by atoms with Crippen LogP contribution in [-0.2, 0) is 0 Å². The van der Waals surface area contributed by atoms with Crippen molar-refractivity contribution in [2.24, 2.45) is 0 Å². The first-order chi connectivity index (χ1) is 58.5. The first kappa shape index (κ1) is 68.0. The van der Waals surface area contributed by atoms with Crippen LogP contribution in [0.2, 0.25) is 0 Å². The predicted molar refractivity (Wildman–Crippen MR) is 501 cm³/mol. The van der Waals surface area contributed by atoms with E-state index < -0.39 is 0 Å². The molecule has 4 heteroatoms. The highest BCUT2D eigenvalue weighted by Gasteiger charge is 2.21. The molecular formula is C114H74N4. The molecule has 0 radical (unpaired) electrons. The van der Waals surface area contributed by atoms with Gasteiger partial charge in [0.05, 0.1) is 44.1 Å². The summed E-state index contributed by atoms with van der Waals surface area (Å²) in [5.41, 5.74) is 31.3. The molecule has 0 unspecified atom stereocenters. The number of hydrogen-bond donors (Lipinski definition) is 0. The maximum Gasteiger partial charge on any atom is 0.0547 e. The minimum absolute atomic E-state index is 1.16. The van der Waals surface area contributed by atoms with Crippen molar-refractivity contribution in [3.8, 4) is 101 Å². The maximum atomic E-state index is 2.43. The Balaban J connectivity index is 0.000000138. The average Bonchev–Trinajstić information content (AvgIpc) is 1.61. The molecule has 0 aliphatic heterocycles. The lowest BCUT2D eigenvalue weighted by Gasteiger charge is -2.12. The number of rotatable bonds is 11. The van der Waals surface area contributed by atoms with E-state index in [4.69, 9.17) is 0 Å². The minimum Gasteiger partial charge on any atom is -0.309 e. The van der Waals surface area contributed by atoms with Gasteiger partial charge in [-0.2, -0.15) is 0 Å². The Hall–Kier alpha value is -15.6. The molecule has 24 rings (SSSR count). The van der Waals surface area contributed by atoms with E-state index >= 15 is 0 Å². The van der Waals surface area contributed by atoms with E-state index in [9.17, 15) is 0 Å². The van der Waals surface area contributed by atoms with Crippen LogP contribution in [0.5, 0.6) is 0 Å². The predicted octanol–water partition coefficient (Wildman–Crippen LogP) is 30.9. The van der Waals surface area contributed by atoms with Gasteiger partial charge in [-0.25, -0.2) is 0 Å². The normalized spacial score (nSPS) is 11.7. The molecule has 0 fully saturated rings. The summed E-state index contributed by atoms with van der Waals surface area (Å²) in [5, 5.41) is 17.5. The summed E-state index contributed by atoms with van der Waals surface area (Å²) >= 11 is 0. The zero-order valence-corrected chi connectivity index (χ0v) is 64.5. The molecule has 0 atom stereocenters. The molecule has 0 aliphatic rings. The second-order valence-electron chi connectivity index (χ2n) is 31.2. The first-order valence-corrected chi connectivity index (χ1v) is 40.7. The second kappa shape index (κ2) is 28.2. The van der Waals surface area contributed by atoms with Gasteiger partial charge in [-0.1, -0.05) is 328 Å². The van der Waals surface area contributed by atoms with Gasteiger partial charge in [0.25, 0.3) is 0 Å². The summed E-state index contributed by atoms with van der Waals surface area (Å²) in [6, 6.07) is 164. The largest absolute Gasteiger partial charge is 0.309 e. The van der Waals surface area contributed by atoms with Gasteiger partial charge >= 0.3 is 0 Å². The van der Waals surface area contributed by atoms with E-state index in [2.05, 4.69) is 467 Å². The molecule has 24 aromatic rings. The highest BCUT2D eigenvalue weighted by molar-refractivity contribution is 6.15. The third kappa shape index (κ3) is 11.8. The van der Waals surface area contributed by atoms with Gasteiger partial charge in [-0.15, -0.1) is 0 Å². The van der Waals surface area contributed by atoms with Crippen LogP contribution in [0.4, 0.5) is 0 Å². The molecule has 550 valence electrons. The molecule has 20 aromatic carbocycles. The Bertz CT molecular complexity index is 8060. The zero-order chi connectivity index (χ0) is 77.7. The van der Waals surface area contributed by atoms with E-state index in [0.717, 1.165) is 17.1 Å². The molecule has 0 saturated heterocycles. The Morgan fingerprint density at radius 1 is 0.102 bits per heavy atom. The molecule has 4 aromatic heterocycles. The fourth-order valence-electron chi connectivity index (χ4n) is 18.5. The van der Waals surface area contributed by atoms with Crippen molar-refractivity contribution in [2.45, 2.75) is 0 Å². The van der Waals surface area contributed by atoms with E-state index in [1.165, 1.54) is 203 Å². The van der Waals surface area contributed by atoms with Crippen LogP contribution in [0.3, 0.4) is 0 Å². The Morgan fingerprint density at radius 3 is 0.737 bits per heavy atom. The summed E-state index contributed by atoms with van der Waals surface area (Å²) < 4.78 is 9.65. The lowest BCUT2D eigenvalue weighted by atomic mass is 9.98. The van der Waals surface area contributed by atoms with E-state index in [-0.39, 0.29) is 0 Å². The van der Waals surface area contributed by atoms with Crippen LogP contribution in [0.25, 0.3) is 220 Å². The second-order valence-corrected chi connectivity index (χ2v) is 31.2. The van der Waals surface area contributed by atoms with Crippen LogP contribution >= 0.6 is 0 Å². The molecular weight excluding hydrogens is 1430 g/mol. The maximum absolute atomic E-state index is 2.43. The van der Waals surface area contributed by atoms with E-state index in [1.807, 2.05) is 0 Å². The Morgan fingerprint density at radius 2 is 0.322 bits per heavy atom. The highest BCUT2D eigenvalue weighted by Crippen LogP contribution is 2.43. The van der Waals surface area contributed by atoms with Crippen molar-refractivity contribution < 1.29 is 0 Å². The van der Waals surface area contributed by atoms with Gasteiger partial charge in [0, 0.05) is 65.8 Å². The summed E-state index contributed by atoms with van der Waals surface area (Å²) in [6.45, 7) is 0. The summed E-state index contributed by atoms with van der Waals surface area (Å²) in [5.74, 6) is 0. The molecule has 0 aliphatic carbocycles. The third-order valence-corrected chi connectivity index (χ3v) is 24.4. The van der Waals surface area contributed by atoms with Crippen LogP contribution in [-0.4, -0.2) is 18.3 Å². The van der Waals surface area contributed by atoms with E-state index in [1.54, 1.807) is 0 Å². The molecule has 118 heavy (non-hydrogen) atoms. The van der Waals surface area contributed by atoms with Crippen molar-refractivity contribution in [1.29, 1.82) is 0 Å². The number of fused-ring (bicyclic) bond motifs is 15. The molecule has 0 spiro atoms. The highest BCUT2D eigenvalue weighted by atomic mass is 15.0. The van der Waals surface area contributed by atoms with Crippen LogP contribution in [0, 0.1) is 0 Å². The van der Waals surface area contributed by atoms with Crippen LogP contribution in [0.15, 0.2) is 449 Å². The first-order valence-electron chi connectivity index (χ1n) is 40.7. The van der Waals surface area contributed by atoms with Gasteiger partial charge in [-0.3, -0.25) is 0 Å². The Labute approximate surface area is 682 Å². The summed E-state index contributed by atoms with van der Waals surface area (Å²) in [6.07, 6.45) is 0. The molecule has 4 heterocycles. The number of para-hydroxylation sites is 4. The number of nitrogens with zero attached hydrogens (tertiary/aromatic N) is 4. The lowest BCUT2D eigenvalue weighted by molar-refractivity contribution is 1.18. The van der Waals surface area contributed by atoms with Crippen molar-refractivity contribution in [3.63, 3.8) is 0 Å². The number of hydrogen-bond acceptors (Lipinski definition) is 0. The fourth-order valence-corrected chi connectivity index (χ4v) is 18.5. The van der Waals surface area contributed by atoms with Crippen LogP contribution < -0.4 is 0 Å². The van der Waals surface area contributed by atoms with Crippen molar-refractivity contribution in [2.75, 3.05) is 0 Å². The lowest BCUT2D eigenvalue weighted by Crippen LogP contribution is -1.94. The summed E-state index contributed by atoms with van der Waals surface area (Å²) in [7, 11) is 0. The number of benzene rings is 20. The van der Waals surface area contributed by atoms with Gasteiger partial charge in [-0.05, 0) is 232 Å². The standard InChI is InChI=1S/C58H38N2.C56H36N2/c1-3-11-39(12-4-1)41-25-30-49(31-26-41)59-56-18-10-8-16-52(56)54-37-47(29-34-57(54)59)42-19-21-43(22-20-42)48-28-33-53-51-15-7-9-17-55(51)60(58(53)38-48)50-32-27-45-35-44(23-24-46(45)36-50)40-13-5-2-6-14-40;1-2-10-37(11-3-1)42-22-23-44-34-48(29-25-43(44)32-42)58-53-16-8-6-14-49(53)51-30-26-46(36-56(51)58)40-20-18-39(19-21-40)45-27-31-55-52(35-45)50-15-7-9-17-54(50)57(55)47-28-24-38-12-4-5-13-41(38)33-47/h1-38H;1-36H. The zero-order valence-electron chi connectivity index (χ0n) is 64.5. The van der Waals surface area contributed by atoms with Gasteiger partial charge in [0.15, 0.2) is 0 Å². The molecule has 0 bridgehead atoms.